The zero-order valence-corrected chi connectivity index (χ0v) is 13.4. The predicted octanol–water partition coefficient (Wildman–Crippen LogP) is 2.65. The Kier molecular flexibility index (Phi) is 4.80. The van der Waals surface area contributed by atoms with Gasteiger partial charge < -0.3 is 19.3 Å². The SMILES string of the molecule is CCOc1cc(C(=O)NC2(c3ccc(F)cc3)CCOCC2)on1. The minimum Gasteiger partial charge on any atom is -0.476 e. The highest BCUT2D eigenvalue weighted by molar-refractivity contribution is 5.92. The van der Waals surface area contributed by atoms with E-state index in [1.165, 1.54) is 18.2 Å². The molecule has 24 heavy (non-hydrogen) atoms. The van der Waals surface area contributed by atoms with Crippen LogP contribution in [0.4, 0.5) is 4.39 Å². The third kappa shape index (κ3) is 3.41. The quantitative estimate of drug-likeness (QED) is 0.910. The summed E-state index contributed by atoms with van der Waals surface area (Å²) in [5.74, 6) is -0.361. The van der Waals surface area contributed by atoms with E-state index in [-0.39, 0.29) is 23.4 Å². The van der Waals surface area contributed by atoms with Gasteiger partial charge >= 0.3 is 0 Å². The number of benzene rings is 1. The smallest absolute Gasteiger partial charge is 0.290 e. The topological polar surface area (TPSA) is 73.6 Å². The number of hydrogen-bond acceptors (Lipinski definition) is 5. The minimum absolute atomic E-state index is 0.0754. The van der Waals surface area contributed by atoms with Crippen LogP contribution in [0, 0.1) is 5.82 Å². The average molecular weight is 334 g/mol. The fourth-order valence-corrected chi connectivity index (χ4v) is 2.84. The summed E-state index contributed by atoms with van der Waals surface area (Å²) in [6, 6.07) is 7.61. The highest BCUT2D eigenvalue weighted by Gasteiger charge is 2.37. The maximum Gasteiger partial charge on any atom is 0.290 e. The van der Waals surface area contributed by atoms with Gasteiger partial charge in [-0.1, -0.05) is 12.1 Å². The van der Waals surface area contributed by atoms with Crippen molar-refractivity contribution in [3.8, 4) is 5.88 Å². The molecule has 2 aromatic rings. The van der Waals surface area contributed by atoms with Gasteiger partial charge in [0.05, 0.1) is 18.2 Å². The maximum absolute atomic E-state index is 13.2. The Hall–Kier alpha value is -2.41. The molecule has 1 aromatic carbocycles. The molecule has 0 bridgehead atoms. The van der Waals surface area contributed by atoms with Gasteiger partial charge in [0.1, 0.15) is 5.82 Å². The molecule has 0 saturated carbocycles. The number of halogens is 1. The number of rotatable bonds is 5. The molecule has 0 unspecified atom stereocenters. The van der Waals surface area contributed by atoms with Crippen LogP contribution >= 0.6 is 0 Å². The Labute approximate surface area is 138 Å². The Morgan fingerprint density at radius 2 is 2.04 bits per heavy atom. The van der Waals surface area contributed by atoms with Crippen LogP contribution in [0.5, 0.6) is 5.88 Å². The molecule has 0 radical (unpaired) electrons. The Morgan fingerprint density at radius 1 is 1.33 bits per heavy atom. The monoisotopic (exact) mass is 334 g/mol. The second-order valence-corrected chi connectivity index (χ2v) is 5.62. The summed E-state index contributed by atoms with van der Waals surface area (Å²) in [6.45, 7) is 3.28. The summed E-state index contributed by atoms with van der Waals surface area (Å²) in [4.78, 5) is 12.6. The van der Waals surface area contributed by atoms with Crippen LogP contribution in [0.1, 0.15) is 35.9 Å². The van der Waals surface area contributed by atoms with Crippen LogP contribution in [0.25, 0.3) is 0 Å². The van der Waals surface area contributed by atoms with E-state index in [2.05, 4.69) is 10.5 Å². The van der Waals surface area contributed by atoms with Gasteiger partial charge in [0.15, 0.2) is 0 Å². The zero-order valence-electron chi connectivity index (χ0n) is 13.4. The Bertz CT molecular complexity index is 693. The van der Waals surface area contributed by atoms with E-state index < -0.39 is 5.54 Å². The van der Waals surface area contributed by atoms with E-state index in [0.717, 1.165) is 5.56 Å². The first-order valence-corrected chi connectivity index (χ1v) is 7.89. The van der Waals surface area contributed by atoms with Crippen molar-refractivity contribution >= 4 is 5.91 Å². The molecule has 1 saturated heterocycles. The predicted molar refractivity (Wildman–Crippen MR) is 83.3 cm³/mol. The van der Waals surface area contributed by atoms with E-state index >= 15 is 0 Å². The lowest BCUT2D eigenvalue weighted by Crippen LogP contribution is -2.49. The summed E-state index contributed by atoms with van der Waals surface area (Å²) in [5.41, 5.74) is 0.215. The van der Waals surface area contributed by atoms with Gasteiger partial charge in [-0.2, -0.15) is 0 Å². The fourth-order valence-electron chi connectivity index (χ4n) is 2.84. The number of ether oxygens (including phenoxy) is 2. The van der Waals surface area contributed by atoms with Crippen molar-refractivity contribution < 1.29 is 23.2 Å². The molecule has 7 heteroatoms. The van der Waals surface area contributed by atoms with Crippen LogP contribution in [0.3, 0.4) is 0 Å². The lowest BCUT2D eigenvalue weighted by molar-refractivity contribution is 0.0335. The normalized spacial score (nSPS) is 16.6. The number of carbonyl (C=O) groups excluding carboxylic acids is 1. The van der Waals surface area contributed by atoms with Crippen LogP contribution < -0.4 is 10.1 Å². The molecule has 1 fully saturated rings. The first-order chi connectivity index (χ1) is 11.6. The number of aromatic nitrogens is 1. The van der Waals surface area contributed by atoms with Gasteiger partial charge in [-0.25, -0.2) is 4.39 Å². The van der Waals surface area contributed by atoms with Crippen LogP contribution in [0.15, 0.2) is 34.9 Å². The van der Waals surface area contributed by atoms with E-state index in [9.17, 15) is 9.18 Å². The molecular formula is C17H19FN2O4. The summed E-state index contributed by atoms with van der Waals surface area (Å²) < 4.78 is 28.9. The van der Waals surface area contributed by atoms with E-state index in [1.807, 2.05) is 6.92 Å². The number of carbonyl (C=O) groups is 1. The number of nitrogens with zero attached hydrogens (tertiary/aromatic N) is 1. The number of amides is 1. The van der Waals surface area contributed by atoms with Crippen molar-refractivity contribution in [2.75, 3.05) is 19.8 Å². The molecule has 0 aliphatic carbocycles. The lowest BCUT2D eigenvalue weighted by atomic mass is 9.82. The third-order valence-corrected chi connectivity index (χ3v) is 4.10. The molecular weight excluding hydrogens is 315 g/mol. The van der Waals surface area contributed by atoms with Gasteiger partial charge in [-0.15, -0.1) is 0 Å². The van der Waals surface area contributed by atoms with E-state index in [4.69, 9.17) is 14.0 Å². The average Bonchev–Trinajstić information content (AvgIpc) is 3.05. The molecule has 128 valence electrons. The molecule has 3 rings (SSSR count). The van der Waals surface area contributed by atoms with Crippen LogP contribution in [0.2, 0.25) is 0 Å². The molecule has 0 spiro atoms. The van der Waals surface area contributed by atoms with Crippen LogP contribution in [-0.4, -0.2) is 30.9 Å². The van der Waals surface area contributed by atoms with Crippen molar-refractivity contribution in [2.45, 2.75) is 25.3 Å². The molecule has 0 atom stereocenters. The standard InChI is InChI=1S/C17H19FN2O4/c1-2-23-15-11-14(24-20-15)16(21)19-17(7-9-22-10-8-17)12-3-5-13(18)6-4-12/h3-6,11H,2,7-10H2,1H3,(H,19,21). The van der Waals surface area contributed by atoms with Crippen molar-refractivity contribution in [1.29, 1.82) is 0 Å². The molecule has 6 nitrogen and oxygen atoms in total. The lowest BCUT2D eigenvalue weighted by Gasteiger charge is -2.38. The first-order valence-electron chi connectivity index (χ1n) is 7.89. The summed E-state index contributed by atoms with van der Waals surface area (Å²) in [5, 5.41) is 6.70. The minimum atomic E-state index is -0.623. The van der Waals surface area contributed by atoms with Crippen molar-refractivity contribution in [3.05, 3.63) is 47.5 Å². The van der Waals surface area contributed by atoms with Gasteiger partial charge in [0, 0.05) is 13.2 Å². The maximum atomic E-state index is 13.2. The van der Waals surface area contributed by atoms with E-state index in [0.29, 0.717) is 32.7 Å². The van der Waals surface area contributed by atoms with Gasteiger partial charge in [-0.3, -0.25) is 4.79 Å². The number of hydrogen-bond donors (Lipinski definition) is 1. The van der Waals surface area contributed by atoms with Crippen molar-refractivity contribution in [2.24, 2.45) is 0 Å². The Morgan fingerprint density at radius 3 is 2.71 bits per heavy atom. The molecule has 1 aliphatic rings. The molecule has 1 amide bonds. The van der Waals surface area contributed by atoms with Crippen molar-refractivity contribution in [1.82, 2.24) is 10.5 Å². The van der Waals surface area contributed by atoms with Gasteiger partial charge in [-0.05, 0) is 42.6 Å². The molecule has 1 aliphatic heterocycles. The second-order valence-electron chi connectivity index (χ2n) is 5.62. The van der Waals surface area contributed by atoms with E-state index in [1.54, 1.807) is 12.1 Å². The fraction of sp³-hybridized carbons (Fsp3) is 0.412. The van der Waals surface area contributed by atoms with Gasteiger partial charge in [0.25, 0.3) is 11.8 Å². The third-order valence-electron chi connectivity index (χ3n) is 4.10. The molecule has 2 heterocycles. The molecule has 1 aromatic heterocycles. The number of nitrogens with one attached hydrogen (secondary N) is 1. The summed E-state index contributed by atoms with van der Waals surface area (Å²) in [7, 11) is 0. The largest absolute Gasteiger partial charge is 0.476 e. The second kappa shape index (κ2) is 7.00. The highest BCUT2D eigenvalue weighted by atomic mass is 19.1. The van der Waals surface area contributed by atoms with Crippen LogP contribution in [-0.2, 0) is 10.3 Å². The zero-order chi connectivity index (χ0) is 17.0. The first kappa shape index (κ1) is 16.4. The van der Waals surface area contributed by atoms with Gasteiger partial charge in [0.2, 0.25) is 5.76 Å². The summed E-state index contributed by atoms with van der Waals surface area (Å²) >= 11 is 0. The highest BCUT2D eigenvalue weighted by Crippen LogP contribution is 2.32. The summed E-state index contributed by atoms with van der Waals surface area (Å²) in [6.07, 6.45) is 1.19. The molecule has 1 N–H and O–H groups in total. The van der Waals surface area contributed by atoms with Crippen molar-refractivity contribution in [3.63, 3.8) is 0 Å². The Balaban J connectivity index is 1.83.